The Balaban J connectivity index is 0.00000226. The first-order valence-corrected chi connectivity index (χ1v) is 15.3. The van der Waals surface area contributed by atoms with Gasteiger partial charge in [-0.2, -0.15) is 13.2 Å². The highest BCUT2D eigenvalue weighted by Gasteiger charge is 2.45. The summed E-state index contributed by atoms with van der Waals surface area (Å²) >= 11 is 0. The van der Waals surface area contributed by atoms with Gasteiger partial charge >= 0.3 is 12.1 Å². The van der Waals surface area contributed by atoms with Gasteiger partial charge in [0, 0.05) is 49.9 Å². The van der Waals surface area contributed by atoms with E-state index in [9.17, 15) is 18.0 Å². The number of hydrogen-bond acceptors (Lipinski definition) is 8. The summed E-state index contributed by atoms with van der Waals surface area (Å²) in [5, 5.41) is 0. The molecule has 246 valence electrons. The first-order valence-electron chi connectivity index (χ1n) is 15.3. The van der Waals surface area contributed by atoms with E-state index in [0.717, 1.165) is 24.0 Å². The number of allylic oxidation sites excluding steroid dienone is 8. The highest BCUT2D eigenvalue weighted by Crippen LogP contribution is 2.43. The van der Waals surface area contributed by atoms with Crippen LogP contribution in [0.4, 0.5) is 17.6 Å². The molecule has 1 saturated heterocycles. The molecule has 1 fully saturated rings. The van der Waals surface area contributed by atoms with Gasteiger partial charge in [-0.05, 0) is 37.5 Å². The Kier molecular flexibility index (Phi) is 11.2. The van der Waals surface area contributed by atoms with Crippen LogP contribution in [0.15, 0.2) is 87.5 Å². The minimum atomic E-state index is -4.49. The van der Waals surface area contributed by atoms with Gasteiger partial charge in [0.2, 0.25) is 5.96 Å². The number of nitrogens with zero attached hydrogens (tertiary/aromatic N) is 4. The number of methoxy groups -OCH3 is 3. The Morgan fingerprint density at radius 2 is 1.73 bits per heavy atom. The Bertz CT molecular complexity index is 1360. The first-order chi connectivity index (χ1) is 21.6. The average Bonchev–Trinajstić information content (AvgIpc) is 3.31. The van der Waals surface area contributed by atoms with Crippen molar-refractivity contribution in [1.82, 2.24) is 14.7 Å². The predicted molar refractivity (Wildman–Crippen MR) is 164 cm³/mol. The molecule has 12 heteroatoms. The van der Waals surface area contributed by atoms with Crippen LogP contribution in [0.2, 0.25) is 0 Å². The maximum Gasteiger partial charge on any atom is 0.395 e. The number of alkyl halides is 3. The number of aliphatic imine (C=N–C) groups is 1. The second kappa shape index (κ2) is 14.9. The molecule has 0 N–H and O–H groups in total. The van der Waals surface area contributed by atoms with Crippen molar-refractivity contribution in [3.63, 3.8) is 0 Å². The Hall–Kier alpha value is -3.96. The monoisotopic (exact) mass is 634 g/mol. The van der Waals surface area contributed by atoms with Crippen molar-refractivity contribution >= 4 is 11.9 Å². The van der Waals surface area contributed by atoms with E-state index in [2.05, 4.69) is 11.0 Å². The molecule has 2 atom stereocenters. The predicted octanol–water partition coefficient (Wildman–Crippen LogP) is 6.51. The topological polar surface area (TPSA) is 66.8 Å². The van der Waals surface area contributed by atoms with E-state index in [0.29, 0.717) is 38.2 Å². The van der Waals surface area contributed by atoms with Crippen LogP contribution in [0.5, 0.6) is 0 Å². The molecule has 45 heavy (non-hydrogen) atoms. The minimum Gasteiger partial charge on any atom is -0.497 e. The Labute approximate surface area is 262 Å². The standard InChI is InChI=1S/C31H36F4N4O4.C2H6/c1-41-22-8-5-4-7-21(18-22)37-13-15-38(16-14-37)30-36-29-23(9-6-10-24(29)32)25(19-28(40)43-3)39(30)26-17-20(31(33,34)35)11-12-27(26)42-2;1-2/h5,7-9,12,17-18,20,25H,4,6,10-11,13-16,19H2,1-3H3;1-2H3/t20?,25-;/m0./s1. The van der Waals surface area contributed by atoms with Gasteiger partial charge in [0.15, 0.2) is 0 Å². The molecule has 0 amide bonds. The van der Waals surface area contributed by atoms with Gasteiger partial charge < -0.3 is 28.9 Å². The van der Waals surface area contributed by atoms with Gasteiger partial charge in [0.05, 0.1) is 45.4 Å². The summed E-state index contributed by atoms with van der Waals surface area (Å²) in [7, 11) is 4.26. The molecule has 5 aliphatic rings. The number of fused-ring (bicyclic) bond motifs is 1. The van der Waals surface area contributed by atoms with Gasteiger partial charge in [0.25, 0.3) is 0 Å². The van der Waals surface area contributed by atoms with E-state index in [1.807, 2.05) is 43.1 Å². The summed E-state index contributed by atoms with van der Waals surface area (Å²) in [5.41, 5.74) is 1.73. The lowest BCUT2D eigenvalue weighted by Gasteiger charge is -2.47. The normalized spacial score (nSPS) is 23.6. The fourth-order valence-electron chi connectivity index (χ4n) is 5.95. The molecular formula is C33H42F4N4O4. The molecule has 2 aliphatic heterocycles. The quantitative estimate of drug-likeness (QED) is 0.244. The molecule has 0 aromatic heterocycles. The highest BCUT2D eigenvalue weighted by molar-refractivity contribution is 5.88. The van der Waals surface area contributed by atoms with Crippen LogP contribution in [-0.2, 0) is 19.0 Å². The van der Waals surface area contributed by atoms with E-state index in [-0.39, 0.29) is 42.4 Å². The second-order valence-corrected chi connectivity index (χ2v) is 10.7. The lowest BCUT2D eigenvalue weighted by atomic mass is 9.89. The minimum absolute atomic E-state index is 0.130. The number of carbonyl (C=O) groups excluding carboxylic acids is 1. The lowest BCUT2D eigenvalue weighted by Crippen LogP contribution is -2.57. The van der Waals surface area contributed by atoms with Gasteiger partial charge in [-0.1, -0.05) is 32.1 Å². The molecule has 1 unspecified atom stereocenters. The SMILES string of the molecule is CC.COC(=O)C[C@H]1C2=CCCC(F)=C2N=C(N2CCN(C3=CCC=CC(OC)=C3)CC2)N1C1=CC(C(F)(F)F)CC=C1OC. The van der Waals surface area contributed by atoms with Crippen molar-refractivity contribution < 1.29 is 36.6 Å². The molecule has 3 aliphatic carbocycles. The number of carbonyl (C=O) groups is 1. The number of guanidine groups is 1. The van der Waals surface area contributed by atoms with Crippen molar-refractivity contribution in [3.05, 3.63) is 82.5 Å². The third kappa shape index (κ3) is 7.48. The van der Waals surface area contributed by atoms with E-state index >= 15 is 4.39 Å². The van der Waals surface area contributed by atoms with Crippen LogP contribution in [-0.4, -0.2) is 86.4 Å². The van der Waals surface area contributed by atoms with Crippen LogP contribution in [0.1, 0.15) is 46.0 Å². The number of esters is 1. The second-order valence-electron chi connectivity index (χ2n) is 10.7. The van der Waals surface area contributed by atoms with Gasteiger partial charge in [-0.3, -0.25) is 4.79 Å². The molecular weight excluding hydrogens is 592 g/mol. The summed E-state index contributed by atoms with van der Waals surface area (Å²) in [6, 6.07) is -0.848. The lowest BCUT2D eigenvalue weighted by molar-refractivity contribution is -0.161. The maximum absolute atomic E-state index is 15.3. The summed E-state index contributed by atoms with van der Waals surface area (Å²) in [6.45, 7) is 6.07. The van der Waals surface area contributed by atoms with Crippen LogP contribution in [0.3, 0.4) is 0 Å². The van der Waals surface area contributed by atoms with Crippen LogP contribution in [0.25, 0.3) is 0 Å². The molecule has 0 aromatic rings. The summed E-state index contributed by atoms with van der Waals surface area (Å²) < 4.78 is 73.3. The fourth-order valence-corrected chi connectivity index (χ4v) is 5.95. The first kappa shape index (κ1) is 33.9. The number of piperazine rings is 1. The third-order valence-corrected chi connectivity index (χ3v) is 8.21. The molecule has 5 rings (SSSR count). The Morgan fingerprint density at radius 1 is 1.02 bits per heavy atom. The zero-order chi connectivity index (χ0) is 32.7. The summed E-state index contributed by atoms with van der Waals surface area (Å²) in [5.74, 6) is -1.50. The molecule has 8 nitrogen and oxygen atoms in total. The molecule has 2 heterocycles. The molecule has 0 saturated carbocycles. The zero-order valence-corrected chi connectivity index (χ0v) is 26.5. The zero-order valence-electron chi connectivity index (χ0n) is 26.5. The van der Waals surface area contributed by atoms with Crippen molar-refractivity contribution in [1.29, 1.82) is 0 Å². The number of halogens is 4. The molecule has 0 bridgehead atoms. The van der Waals surface area contributed by atoms with Crippen molar-refractivity contribution in [2.45, 2.75) is 58.2 Å². The van der Waals surface area contributed by atoms with Crippen LogP contribution < -0.4 is 0 Å². The maximum atomic E-state index is 15.3. The molecule has 0 spiro atoms. The van der Waals surface area contributed by atoms with Gasteiger partial charge in [0.1, 0.15) is 23.0 Å². The number of ether oxygens (including phenoxy) is 3. The smallest absolute Gasteiger partial charge is 0.395 e. The summed E-state index contributed by atoms with van der Waals surface area (Å²) in [6.07, 6.45) is 8.66. The Morgan fingerprint density at radius 3 is 2.38 bits per heavy atom. The van der Waals surface area contributed by atoms with Crippen molar-refractivity contribution in [3.8, 4) is 0 Å². The van der Waals surface area contributed by atoms with Crippen molar-refractivity contribution in [2.24, 2.45) is 10.9 Å². The van der Waals surface area contributed by atoms with Gasteiger partial charge in [-0.15, -0.1) is 0 Å². The summed E-state index contributed by atoms with van der Waals surface area (Å²) in [4.78, 5) is 23.2. The van der Waals surface area contributed by atoms with Gasteiger partial charge in [-0.25, -0.2) is 9.38 Å². The highest BCUT2D eigenvalue weighted by atomic mass is 19.4. The van der Waals surface area contributed by atoms with E-state index in [1.54, 1.807) is 12.0 Å². The van der Waals surface area contributed by atoms with Crippen LogP contribution in [0, 0.1) is 5.92 Å². The van der Waals surface area contributed by atoms with E-state index < -0.39 is 29.9 Å². The van der Waals surface area contributed by atoms with Crippen molar-refractivity contribution in [2.75, 3.05) is 47.5 Å². The van der Waals surface area contributed by atoms with Crippen LogP contribution >= 0.6 is 0 Å². The fraction of sp³-hybridized carbons (Fsp3) is 0.515. The number of hydrogen-bond donors (Lipinski definition) is 0. The average molecular weight is 635 g/mol. The van der Waals surface area contributed by atoms with E-state index in [4.69, 9.17) is 19.2 Å². The van der Waals surface area contributed by atoms with E-state index in [1.165, 1.54) is 20.3 Å². The molecule has 0 aromatic carbocycles. The largest absolute Gasteiger partial charge is 0.497 e. The molecule has 0 radical (unpaired) electrons. The third-order valence-electron chi connectivity index (χ3n) is 8.21. The number of rotatable bonds is 6.